The maximum Gasteiger partial charge on any atom is 0.00506 e. The van der Waals surface area contributed by atoms with Crippen LogP contribution in [0.4, 0.5) is 0 Å². The smallest absolute Gasteiger partial charge is 0.00506 e. The highest BCUT2D eigenvalue weighted by molar-refractivity contribution is 5.00. The molecule has 1 saturated heterocycles. The van der Waals surface area contributed by atoms with Crippen LogP contribution >= 0.6 is 0 Å². The van der Waals surface area contributed by atoms with Crippen molar-refractivity contribution < 1.29 is 0 Å². The van der Waals surface area contributed by atoms with E-state index in [1.807, 2.05) is 6.08 Å². The minimum atomic E-state index is 0.807. The molecule has 0 aromatic heterocycles. The molecule has 1 spiro atoms. The highest BCUT2D eigenvalue weighted by Crippen LogP contribution is 2.47. The van der Waals surface area contributed by atoms with E-state index in [1.165, 1.54) is 38.9 Å². The van der Waals surface area contributed by atoms with Gasteiger partial charge in [-0.1, -0.05) is 12.5 Å². The van der Waals surface area contributed by atoms with E-state index in [0.29, 0.717) is 0 Å². The second-order valence-electron chi connectivity index (χ2n) is 4.14. The zero-order valence-corrected chi connectivity index (χ0v) is 7.18. The number of hydrogen-bond acceptors (Lipinski definition) is 1. The second-order valence-corrected chi connectivity index (χ2v) is 4.14. The number of hydrogen-bond donors (Lipinski definition) is 0. The van der Waals surface area contributed by atoms with Crippen LogP contribution in [-0.2, 0) is 0 Å². The Bertz CT molecular complexity index is 150. The second kappa shape index (κ2) is 2.63. The lowest BCUT2D eigenvalue weighted by Crippen LogP contribution is -2.59. The molecular formula is C10H17N. The van der Waals surface area contributed by atoms with E-state index >= 15 is 0 Å². The molecule has 0 N–H and O–H groups in total. The van der Waals surface area contributed by atoms with Crippen molar-refractivity contribution >= 4 is 0 Å². The first-order chi connectivity index (χ1) is 5.35. The molecule has 0 unspecified atom stereocenters. The Hall–Kier alpha value is -0.300. The van der Waals surface area contributed by atoms with Gasteiger partial charge in [-0.05, 0) is 24.7 Å². The molecule has 0 radical (unpaired) electrons. The number of likely N-dealkylation sites (tertiary alicyclic amines) is 1. The van der Waals surface area contributed by atoms with Crippen LogP contribution in [0.2, 0.25) is 0 Å². The van der Waals surface area contributed by atoms with Gasteiger partial charge in [0.15, 0.2) is 0 Å². The van der Waals surface area contributed by atoms with Crippen molar-refractivity contribution in [3.8, 4) is 0 Å². The zero-order chi connectivity index (χ0) is 7.73. The van der Waals surface area contributed by atoms with Crippen molar-refractivity contribution in [2.24, 2.45) is 5.41 Å². The van der Waals surface area contributed by atoms with Crippen LogP contribution in [0.3, 0.4) is 0 Å². The van der Waals surface area contributed by atoms with Crippen LogP contribution in [0.1, 0.15) is 25.7 Å². The Morgan fingerprint density at radius 2 is 2.09 bits per heavy atom. The molecule has 11 heavy (non-hydrogen) atoms. The van der Waals surface area contributed by atoms with Crippen LogP contribution in [0.5, 0.6) is 0 Å². The molecule has 1 saturated carbocycles. The summed E-state index contributed by atoms with van der Waals surface area (Å²) in [5, 5.41) is 0. The van der Waals surface area contributed by atoms with Gasteiger partial charge in [0.1, 0.15) is 0 Å². The summed E-state index contributed by atoms with van der Waals surface area (Å²) in [5.74, 6) is 0. The van der Waals surface area contributed by atoms with Gasteiger partial charge in [-0.15, -0.1) is 6.58 Å². The van der Waals surface area contributed by atoms with Gasteiger partial charge in [-0.25, -0.2) is 0 Å². The Labute approximate surface area is 69.1 Å². The van der Waals surface area contributed by atoms with E-state index in [1.54, 1.807) is 0 Å². The molecule has 1 aliphatic carbocycles. The van der Waals surface area contributed by atoms with E-state index in [-0.39, 0.29) is 0 Å². The van der Waals surface area contributed by atoms with Crippen molar-refractivity contribution in [2.75, 3.05) is 19.6 Å². The average molecular weight is 151 g/mol. The first kappa shape index (κ1) is 7.35. The highest BCUT2D eigenvalue weighted by atomic mass is 15.2. The minimum Gasteiger partial charge on any atom is -0.302 e. The molecular weight excluding hydrogens is 134 g/mol. The summed E-state index contributed by atoms with van der Waals surface area (Å²) in [4.78, 5) is 2.56. The van der Waals surface area contributed by atoms with Gasteiger partial charge in [0, 0.05) is 19.6 Å². The maximum absolute atomic E-state index is 3.73. The average Bonchev–Trinajstić information content (AvgIpc) is 1.81. The Balaban J connectivity index is 1.67. The van der Waals surface area contributed by atoms with Crippen LogP contribution in [0, 0.1) is 5.41 Å². The summed E-state index contributed by atoms with van der Waals surface area (Å²) >= 11 is 0. The van der Waals surface area contributed by atoms with Crippen molar-refractivity contribution in [1.82, 2.24) is 4.90 Å². The largest absolute Gasteiger partial charge is 0.302 e. The molecule has 62 valence electrons. The van der Waals surface area contributed by atoms with Gasteiger partial charge in [0.05, 0.1) is 0 Å². The van der Waals surface area contributed by atoms with Gasteiger partial charge in [0.25, 0.3) is 0 Å². The Morgan fingerprint density at radius 1 is 1.36 bits per heavy atom. The zero-order valence-electron chi connectivity index (χ0n) is 7.18. The first-order valence-corrected chi connectivity index (χ1v) is 4.68. The summed E-state index contributed by atoms with van der Waals surface area (Å²) in [7, 11) is 0. The topological polar surface area (TPSA) is 3.24 Å². The molecule has 0 atom stereocenters. The third-order valence-corrected chi connectivity index (χ3v) is 3.18. The van der Waals surface area contributed by atoms with Crippen LogP contribution in [-0.4, -0.2) is 24.5 Å². The number of rotatable bonds is 3. The number of nitrogens with zero attached hydrogens (tertiary/aromatic N) is 1. The summed E-state index contributed by atoms with van der Waals surface area (Å²) in [6, 6.07) is 0. The van der Waals surface area contributed by atoms with E-state index < -0.39 is 0 Å². The van der Waals surface area contributed by atoms with Gasteiger partial charge in [0.2, 0.25) is 0 Å². The molecule has 1 heterocycles. The summed E-state index contributed by atoms with van der Waals surface area (Å²) in [6.45, 7) is 7.73. The van der Waals surface area contributed by atoms with Crippen molar-refractivity contribution in [1.29, 1.82) is 0 Å². The standard InChI is InChI=1S/C10H17N/c1-2-3-7-11-8-10(9-11)5-4-6-10/h2H,1,3-9H2. The monoisotopic (exact) mass is 151 g/mol. The molecule has 2 fully saturated rings. The van der Waals surface area contributed by atoms with Crippen molar-refractivity contribution in [2.45, 2.75) is 25.7 Å². The van der Waals surface area contributed by atoms with E-state index in [2.05, 4.69) is 11.5 Å². The predicted molar refractivity (Wildman–Crippen MR) is 47.5 cm³/mol. The molecule has 0 bridgehead atoms. The third kappa shape index (κ3) is 1.22. The fraction of sp³-hybridized carbons (Fsp3) is 0.800. The molecule has 1 heteroatoms. The fourth-order valence-corrected chi connectivity index (χ4v) is 2.33. The molecule has 1 nitrogen and oxygen atoms in total. The van der Waals surface area contributed by atoms with E-state index in [4.69, 9.17) is 0 Å². The maximum atomic E-state index is 3.73. The highest BCUT2D eigenvalue weighted by Gasteiger charge is 2.46. The lowest BCUT2D eigenvalue weighted by atomic mass is 9.63. The SMILES string of the molecule is C=CCCN1CC2(CCC2)C1. The van der Waals surface area contributed by atoms with Gasteiger partial charge in [-0.3, -0.25) is 0 Å². The first-order valence-electron chi connectivity index (χ1n) is 4.68. The summed E-state index contributed by atoms with van der Waals surface area (Å²) < 4.78 is 0. The van der Waals surface area contributed by atoms with Gasteiger partial charge in [-0.2, -0.15) is 0 Å². The lowest BCUT2D eigenvalue weighted by molar-refractivity contribution is -0.0583. The molecule has 0 amide bonds. The van der Waals surface area contributed by atoms with E-state index in [9.17, 15) is 0 Å². The van der Waals surface area contributed by atoms with Crippen LogP contribution < -0.4 is 0 Å². The fourth-order valence-electron chi connectivity index (χ4n) is 2.33. The van der Waals surface area contributed by atoms with Gasteiger partial charge >= 0.3 is 0 Å². The lowest BCUT2D eigenvalue weighted by Gasteiger charge is -2.56. The van der Waals surface area contributed by atoms with Crippen LogP contribution in [0.15, 0.2) is 12.7 Å². The van der Waals surface area contributed by atoms with Crippen molar-refractivity contribution in [3.63, 3.8) is 0 Å². The normalized spacial score (nSPS) is 27.6. The summed E-state index contributed by atoms with van der Waals surface area (Å²) in [5.41, 5.74) is 0.807. The molecule has 2 aliphatic rings. The summed E-state index contributed by atoms with van der Waals surface area (Å²) in [6.07, 6.45) is 7.66. The molecule has 0 aromatic carbocycles. The Kier molecular flexibility index (Phi) is 1.76. The van der Waals surface area contributed by atoms with Gasteiger partial charge < -0.3 is 4.90 Å². The Morgan fingerprint density at radius 3 is 2.55 bits per heavy atom. The van der Waals surface area contributed by atoms with E-state index in [0.717, 1.165) is 11.8 Å². The van der Waals surface area contributed by atoms with Crippen LogP contribution in [0.25, 0.3) is 0 Å². The minimum absolute atomic E-state index is 0.807. The third-order valence-electron chi connectivity index (χ3n) is 3.18. The predicted octanol–water partition coefficient (Wildman–Crippen LogP) is 2.05. The molecule has 0 aromatic rings. The van der Waals surface area contributed by atoms with Crippen molar-refractivity contribution in [3.05, 3.63) is 12.7 Å². The molecule has 1 aliphatic heterocycles. The molecule has 2 rings (SSSR count). The quantitative estimate of drug-likeness (QED) is 0.558.